The molecule has 18 heavy (non-hydrogen) atoms. The van der Waals surface area contributed by atoms with Crippen molar-refractivity contribution in [1.29, 1.82) is 0 Å². The van der Waals surface area contributed by atoms with Gasteiger partial charge in [-0.1, -0.05) is 18.2 Å². The number of para-hydroxylation sites is 1. The van der Waals surface area contributed by atoms with Crippen LogP contribution in [-0.4, -0.2) is 7.11 Å². The average molecular weight is 245 g/mol. The van der Waals surface area contributed by atoms with E-state index in [4.69, 9.17) is 14.9 Å². The van der Waals surface area contributed by atoms with Crippen molar-refractivity contribution in [3.8, 4) is 5.75 Å². The number of methoxy groups -OCH3 is 1. The largest absolute Gasteiger partial charge is 0.496 e. The second-order valence-corrected chi connectivity index (χ2v) is 4.51. The van der Waals surface area contributed by atoms with Gasteiger partial charge >= 0.3 is 0 Å². The summed E-state index contributed by atoms with van der Waals surface area (Å²) in [5.74, 6) is 2.63. The Hall–Kier alpha value is -1.74. The molecular formula is C15H19NO2. The molecule has 0 saturated heterocycles. The van der Waals surface area contributed by atoms with Crippen LogP contribution in [0.1, 0.15) is 28.7 Å². The third-order valence-electron chi connectivity index (χ3n) is 3.18. The third-order valence-corrected chi connectivity index (χ3v) is 3.18. The number of nitrogens with two attached hydrogens (primary N) is 1. The van der Waals surface area contributed by atoms with E-state index in [1.165, 1.54) is 0 Å². The van der Waals surface area contributed by atoms with E-state index in [0.29, 0.717) is 6.42 Å². The second kappa shape index (κ2) is 5.27. The second-order valence-electron chi connectivity index (χ2n) is 4.51. The number of benzene rings is 1. The lowest BCUT2D eigenvalue weighted by atomic mass is 10.0. The van der Waals surface area contributed by atoms with Crippen LogP contribution in [0.15, 0.2) is 34.7 Å². The molecule has 2 rings (SSSR count). The first-order chi connectivity index (χ1) is 8.61. The topological polar surface area (TPSA) is 48.4 Å². The Morgan fingerprint density at radius 1 is 1.28 bits per heavy atom. The summed E-state index contributed by atoms with van der Waals surface area (Å²) in [5, 5.41) is 0. The van der Waals surface area contributed by atoms with E-state index in [0.717, 1.165) is 28.4 Å². The van der Waals surface area contributed by atoms with Crippen molar-refractivity contribution in [3.05, 3.63) is 53.0 Å². The van der Waals surface area contributed by atoms with Crippen LogP contribution in [-0.2, 0) is 6.42 Å². The molecule has 1 aromatic carbocycles. The number of aryl methyl sites for hydroxylation is 2. The molecule has 1 aromatic heterocycles. The first-order valence-corrected chi connectivity index (χ1v) is 6.06. The Kier molecular flexibility index (Phi) is 3.72. The van der Waals surface area contributed by atoms with Gasteiger partial charge in [-0.3, -0.25) is 0 Å². The fourth-order valence-corrected chi connectivity index (χ4v) is 1.99. The molecule has 0 aliphatic heterocycles. The summed E-state index contributed by atoms with van der Waals surface area (Å²) in [7, 11) is 1.67. The summed E-state index contributed by atoms with van der Waals surface area (Å²) >= 11 is 0. The standard InChI is InChI=1S/C15H19NO2/c1-10-8-15(18-11(10)2)13(16)9-12-6-4-5-7-14(12)17-3/h4-8,13H,9,16H2,1-3H3. The minimum atomic E-state index is -0.145. The van der Waals surface area contributed by atoms with Crippen LogP contribution in [0, 0.1) is 13.8 Å². The molecular weight excluding hydrogens is 226 g/mol. The maximum Gasteiger partial charge on any atom is 0.122 e. The van der Waals surface area contributed by atoms with Crippen molar-refractivity contribution in [2.24, 2.45) is 5.73 Å². The van der Waals surface area contributed by atoms with Crippen LogP contribution < -0.4 is 10.5 Å². The van der Waals surface area contributed by atoms with Gasteiger partial charge in [-0.2, -0.15) is 0 Å². The highest BCUT2D eigenvalue weighted by molar-refractivity contribution is 5.34. The smallest absolute Gasteiger partial charge is 0.122 e. The van der Waals surface area contributed by atoms with Crippen LogP contribution in [0.25, 0.3) is 0 Å². The zero-order valence-corrected chi connectivity index (χ0v) is 11.1. The Labute approximate surface area is 108 Å². The molecule has 0 fully saturated rings. The number of rotatable bonds is 4. The molecule has 96 valence electrons. The molecule has 0 bridgehead atoms. The lowest BCUT2D eigenvalue weighted by Gasteiger charge is -2.12. The number of hydrogen-bond donors (Lipinski definition) is 1. The van der Waals surface area contributed by atoms with E-state index in [1.54, 1.807) is 7.11 Å². The third kappa shape index (κ3) is 2.57. The first kappa shape index (κ1) is 12.7. The normalized spacial score (nSPS) is 12.4. The van der Waals surface area contributed by atoms with Crippen LogP contribution >= 0.6 is 0 Å². The van der Waals surface area contributed by atoms with Crippen molar-refractivity contribution in [1.82, 2.24) is 0 Å². The highest BCUT2D eigenvalue weighted by atomic mass is 16.5. The summed E-state index contributed by atoms with van der Waals surface area (Å²) in [6.07, 6.45) is 0.705. The minimum Gasteiger partial charge on any atom is -0.496 e. The molecule has 0 spiro atoms. The molecule has 1 heterocycles. The predicted octanol–water partition coefficient (Wildman–Crippen LogP) is 3.15. The Balaban J connectivity index is 2.18. The van der Waals surface area contributed by atoms with Crippen molar-refractivity contribution in [2.45, 2.75) is 26.3 Å². The first-order valence-electron chi connectivity index (χ1n) is 6.06. The summed E-state index contributed by atoms with van der Waals surface area (Å²) in [6.45, 7) is 3.98. The molecule has 0 aliphatic carbocycles. The average Bonchev–Trinajstić information content (AvgIpc) is 2.70. The van der Waals surface area contributed by atoms with Gasteiger partial charge in [0.05, 0.1) is 13.2 Å². The molecule has 2 aromatic rings. The van der Waals surface area contributed by atoms with Gasteiger partial charge in [0, 0.05) is 0 Å². The molecule has 0 saturated carbocycles. The van der Waals surface area contributed by atoms with Crippen molar-refractivity contribution in [2.75, 3.05) is 7.11 Å². The van der Waals surface area contributed by atoms with E-state index in [9.17, 15) is 0 Å². The SMILES string of the molecule is COc1ccccc1CC(N)c1cc(C)c(C)o1. The molecule has 0 radical (unpaired) electrons. The number of hydrogen-bond acceptors (Lipinski definition) is 3. The van der Waals surface area contributed by atoms with Crippen molar-refractivity contribution < 1.29 is 9.15 Å². The van der Waals surface area contributed by atoms with Gasteiger partial charge in [0.25, 0.3) is 0 Å². The Morgan fingerprint density at radius 2 is 2.00 bits per heavy atom. The lowest BCUT2D eigenvalue weighted by Crippen LogP contribution is -2.13. The van der Waals surface area contributed by atoms with Gasteiger partial charge in [0.2, 0.25) is 0 Å². The van der Waals surface area contributed by atoms with E-state index < -0.39 is 0 Å². The van der Waals surface area contributed by atoms with Gasteiger partial charge in [-0.05, 0) is 43.5 Å². The summed E-state index contributed by atoms with van der Waals surface area (Å²) < 4.78 is 11.0. The van der Waals surface area contributed by atoms with E-state index >= 15 is 0 Å². The fourth-order valence-electron chi connectivity index (χ4n) is 1.99. The van der Waals surface area contributed by atoms with Crippen molar-refractivity contribution in [3.63, 3.8) is 0 Å². The Morgan fingerprint density at radius 3 is 2.61 bits per heavy atom. The zero-order chi connectivity index (χ0) is 13.1. The van der Waals surface area contributed by atoms with Gasteiger partial charge in [-0.25, -0.2) is 0 Å². The van der Waals surface area contributed by atoms with Gasteiger partial charge < -0.3 is 14.9 Å². The van der Waals surface area contributed by atoms with Crippen molar-refractivity contribution >= 4 is 0 Å². The van der Waals surface area contributed by atoms with Crippen LogP contribution in [0.2, 0.25) is 0 Å². The summed E-state index contributed by atoms with van der Waals surface area (Å²) in [4.78, 5) is 0. The number of ether oxygens (including phenoxy) is 1. The van der Waals surface area contributed by atoms with E-state index in [-0.39, 0.29) is 6.04 Å². The van der Waals surface area contributed by atoms with Gasteiger partial charge in [0.15, 0.2) is 0 Å². The summed E-state index contributed by atoms with van der Waals surface area (Å²) in [5.41, 5.74) is 8.42. The Bertz CT molecular complexity index is 512. The monoisotopic (exact) mass is 245 g/mol. The predicted molar refractivity (Wildman–Crippen MR) is 71.8 cm³/mol. The highest BCUT2D eigenvalue weighted by Crippen LogP contribution is 2.25. The van der Waals surface area contributed by atoms with Crippen LogP contribution in [0.4, 0.5) is 0 Å². The molecule has 1 atom stereocenters. The molecule has 1 unspecified atom stereocenters. The van der Waals surface area contributed by atoms with Gasteiger partial charge in [-0.15, -0.1) is 0 Å². The molecule has 0 amide bonds. The zero-order valence-electron chi connectivity index (χ0n) is 11.1. The van der Waals surface area contributed by atoms with E-state index in [2.05, 4.69) is 0 Å². The minimum absolute atomic E-state index is 0.145. The number of furan rings is 1. The molecule has 3 nitrogen and oxygen atoms in total. The fraction of sp³-hybridized carbons (Fsp3) is 0.333. The molecule has 2 N–H and O–H groups in total. The molecule has 0 aliphatic rings. The van der Waals surface area contributed by atoms with E-state index in [1.807, 2.05) is 44.2 Å². The van der Waals surface area contributed by atoms with Gasteiger partial charge in [0.1, 0.15) is 17.3 Å². The van der Waals surface area contributed by atoms with Crippen LogP contribution in [0.3, 0.4) is 0 Å². The summed E-state index contributed by atoms with van der Waals surface area (Å²) in [6, 6.07) is 9.78. The molecule has 3 heteroatoms. The van der Waals surface area contributed by atoms with Crippen LogP contribution in [0.5, 0.6) is 5.75 Å². The highest BCUT2D eigenvalue weighted by Gasteiger charge is 2.14. The maximum absolute atomic E-state index is 6.18. The quantitative estimate of drug-likeness (QED) is 0.900. The maximum atomic E-state index is 6.18. The lowest BCUT2D eigenvalue weighted by molar-refractivity contribution is 0.403.